The molecule has 0 spiro atoms. The summed E-state index contributed by atoms with van der Waals surface area (Å²) in [6.07, 6.45) is 17.4. The highest BCUT2D eigenvalue weighted by atomic mass is 16.6. The number of hydrogen-bond donors (Lipinski definition) is 5. The lowest BCUT2D eigenvalue weighted by Crippen LogP contribution is -2.53. The zero-order chi connectivity index (χ0) is 44.4. The molecule has 330 valence electrons. The molecule has 1 aromatic carbocycles. The Morgan fingerprint density at radius 2 is 1.63 bits per heavy atom. The number of fused-ring (bicyclic) bond motifs is 5. The molecule has 4 aliphatic rings. The standard InChI is InChI=1S/C51H72O9/c1-32(12-10-14-33(2)30-52)13-11-15-35(28-42(56)37-29-36(54)17-19-41(37)55)46(58)60-45(51(9,59)31-53)21-16-34(3)38-22-26-50(8)40-18-20-43-47(4,5)44(57)24-25-48(43,6)39(40)23-27-49(38,50)7/h13-14,17-19,23,28-29,34,38,43,45,52-55,59H,10-12,15-16,20-22,24-27,30-31H2,1-9H3/b32-13+,33-14+,35-28-/t34-,38-,43+,45+,48-,49-,50+,51-/m1/s1. The van der Waals surface area contributed by atoms with Crippen molar-refractivity contribution in [3.63, 3.8) is 0 Å². The van der Waals surface area contributed by atoms with Gasteiger partial charge >= 0.3 is 5.97 Å². The SMILES string of the molecule is C/C(=C\CC/C(C)=C/CC/C(=C/C(=O)c1cc(O)ccc1O)C(=O)O[C@@H](CC[C@@H](C)[C@H]1CC[C@@]2(C)C3=CC[C@H]4C(C)(C)C(=O)CC[C@]4(C)C3=CC[C@]12C)[C@](C)(O)CO)CO. The van der Waals surface area contributed by atoms with Gasteiger partial charge in [0.25, 0.3) is 0 Å². The van der Waals surface area contributed by atoms with Crippen LogP contribution in [0.2, 0.25) is 0 Å². The summed E-state index contributed by atoms with van der Waals surface area (Å²) in [5, 5.41) is 51.5. The molecule has 0 heterocycles. The quantitative estimate of drug-likeness (QED) is 0.0339. The molecule has 0 saturated heterocycles. The van der Waals surface area contributed by atoms with Crippen molar-refractivity contribution in [1.29, 1.82) is 0 Å². The summed E-state index contributed by atoms with van der Waals surface area (Å²) in [4.78, 5) is 40.6. The number of phenolic OH excluding ortho intramolecular Hbond substituents is 2. The van der Waals surface area contributed by atoms with Crippen LogP contribution in [-0.4, -0.2) is 68.0 Å². The summed E-state index contributed by atoms with van der Waals surface area (Å²) < 4.78 is 6.07. The van der Waals surface area contributed by atoms with E-state index in [0.29, 0.717) is 37.4 Å². The molecule has 0 unspecified atom stereocenters. The zero-order valence-corrected chi connectivity index (χ0v) is 37.7. The highest BCUT2D eigenvalue weighted by Crippen LogP contribution is 2.71. The molecule has 0 amide bonds. The van der Waals surface area contributed by atoms with Crippen molar-refractivity contribution in [3.05, 3.63) is 82.0 Å². The lowest BCUT2D eigenvalue weighted by molar-refractivity contribution is -0.165. The first-order chi connectivity index (χ1) is 28.0. The van der Waals surface area contributed by atoms with Gasteiger partial charge in [0.2, 0.25) is 0 Å². The van der Waals surface area contributed by atoms with Gasteiger partial charge < -0.3 is 30.3 Å². The maximum Gasteiger partial charge on any atom is 0.334 e. The maximum atomic E-state index is 14.1. The number of aliphatic hydroxyl groups is 3. The Morgan fingerprint density at radius 1 is 0.950 bits per heavy atom. The average molecular weight is 829 g/mol. The normalized spacial score (nSPS) is 29.9. The number of carbonyl (C=O) groups is 3. The lowest BCUT2D eigenvalue weighted by atomic mass is 9.44. The van der Waals surface area contributed by atoms with Gasteiger partial charge in [-0.15, -0.1) is 0 Å². The van der Waals surface area contributed by atoms with Crippen molar-refractivity contribution < 1.29 is 44.7 Å². The van der Waals surface area contributed by atoms with E-state index in [2.05, 4.69) is 53.7 Å². The van der Waals surface area contributed by atoms with E-state index in [0.717, 1.165) is 68.2 Å². The van der Waals surface area contributed by atoms with E-state index < -0.39 is 30.1 Å². The number of carbonyl (C=O) groups excluding carboxylic acids is 3. The van der Waals surface area contributed by atoms with Crippen LogP contribution in [0.15, 0.2) is 76.4 Å². The molecule has 5 rings (SSSR count). The number of benzene rings is 1. The Morgan fingerprint density at radius 3 is 2.32 bits per heavy atom. The number of ether oxygens (including phenoxy) is 1. The van der Waals surface area contributed by atoms with E-state index >= 15 is 0 Å². The molecule has 0 aliphatic heterocycles. The number of hydrogen-bond acceptors (Lipinski definition) is 9. The van der Waals surface area contributed by atoms with Crippen LogP contribution in [0.25, 0.3) is 0 Å². The number of phenols is 2. The van der Waals surface area contributed by atoms with Gasteiger partial charge in [-0.1, -0.05) is 77.0 Å². The third-order valence-electron chi connectivity index (χ3n) is 15.9. The van der Waals surface area contributed by atoms with Gasteiger partial charge in [-0.2, -0.15) is 0 Å². The van der Waals surface area contributed by atoms with Crippen LogP contribution < -0.4 is 0 Å². The Labute approximate surface area is 358 Å². The van der Waals surface area contributed by atoms with E-state index in [1.54, 1.807) is 0 Å². The summed E-state index contributed by atoms with van der Waals surface area (Å²) in [5.41, 5.74) is 2.57. The molecule has 2 fully saturated rings. The second-order valence-corrected chi connectivity index (χ2v) is 20.2. The largest absolute Gasteiger partial charge is 0.508 e. The molecule has 0 radical (unpaired) electrons. The van der Waals surface area contributed by atoms with E-state index in [4.69, 9.17) is 4.74 Å². The van der Waals surface area contributed by atoms with Crippen molar-refractivity contribution in [2.24, 2.45) is 39.4 Å². The minimum atomic E-state index is -1.75. The van der Waals surface area contributed by atoms with E-state index in [9.17, 15) is 39.9 Å². The summed E-state index contributed by atoms with van der Waals surface area (Å²) in [6, 6.07) is 3.61. The molecule has 2 saturated carbocycles. The molecule has 60 heavy (non-hydrogen) atoms. The number of Topliss-reactive ketones (excluding diaryl/α,β-unsaturated/α-hetero) is 1. The minimum absolute atomic E-state index is 0.00527. The first kappa shape index (κ1) is 47.3. The van der Waals surface area contributed by atoms with Gasteiger partial charge in [-0.25, -0.2) is 4.79 Å². The first-order valence-electron chi connectivity index (χ1n) is 22.2. The van der Waals surface area contributed by atoms with Crippen molar-refractivity contribution in [3.8, 4) is 11.5 Å². The number of aliphatic hydroxyl groups excluding tert-OH is 2. The third-order valence-corrected chi connectivity index (χ3v) is 15.9. The first-order valence-corrected chi connectivity index (χ1v) is 22.2. The van der Waals surface area contributed by atoms with Gasteiger partial charge in [0.1, 0.15) is 29.0 Å². The lowest BCUT2D eigenvalue weighted by Gasteiger charge is -2.59. The molecule has 8 atom stereocenters. The highest BCUT2D eigenvalue weighted by Gasteiger charge is 2.63. The number of allylic oxidation sites excluding steroid dienone is 8. The highest BCUT2D eigenvalue weighted by molar-refractivity contribution is 6.10. The van der Waals surface area contributed by atoms with Crippen LogP contribution in [0.3, 0.4) is 0 Å². The molecule has 4 aliphatic carbocycles. The fraction of sp³-hybridized carbons (Fsp3) is 0.627. The second kappa shape index (κ2) is 18.3. The maximum absolute atomic E-state index is 14.1. The Hall–Kier alpha value is -3.79. The third kappa shape index (κ3) is 9.19. The van der Waals surface area contributed by atoms with Crippen molar-refractivity contribution in [2.75, 3.05) is 13.2 Å². The smallest absolute Gasteiger partial charge is 0.334 e. The summed E-state index contributed by atoms with van der Waals surface area (Å²) in [6.45, 7) is 18.5. The van der Waals surface area contributed by atoms with Crippen molar-refractivity contribution in [1.82, 2.24) is 0 Å². The second-order valence-electron chi connectivity index (χ2n) is 20.2. The van der Waals surface area contributed by atoms with Crippen LogP contribution >= 0.6 is 0 Å². The molecular formula is C51H72O9. The fourth-order valence-electron chi connectivity index (χ4n) is 11.6. The number of ketones is 2. The van der Waals surface area contributed by atoms with Gasteiger partial charge in [0, 0.05) is 17.4 Å². The molecule has 9 nitrogen and oxygen atoms in total. The minimum Gasteiger partial charge on any atom is -0.508 e. The summed E-state index contributed by atoms with van der Waals surface area (Å²) in [5.74, 6) is -0.810. The van der Waals surface area contributed by atoms with Crippen LogP contribution in [0.4, 0.5) is 0 Å². The molecule has 1 aromatic rings. The van der Waals surface area contributed by atoms with Crippen LogP contribution in [0.5, 0.6) is 11.5 Å². The zero-order valence-electron chi connectivity index (χ0n) is 37.7. The summed E-state index contributed by atoms with van der Waals surface area (Å²) in [7, 11) is 0. The molecule has 0 aromatic heterocycles. The number of esters is 1. The van der Waals surface area contributed by atoms with Crippen molar-refractivity contribution in [2.45, 2.75) is 151 Å². The Balaban J connectivity index is 1.34. The van der Waals surface area contributed by atoms with Gasteiger partial charge in [0.15, 0.2) is 5.78 Å². The van der Waals surface area contributed by atoms with Gasteiger partial charge in [0.05, 0.1) is 18.8 Å². The van der Waals surface area contributed by atoms with E-state index in [1.165, 1.54) is 30.2 Å². The van der Waals surface area contributed by atoms with E-state index in [1.807, 2.05) is 26.0 Å². The Bertz CT molecular complexity index is 1960. The predicted octanol–water partition coefficient (Wildman–Crippen LogP) is 9.82. The van der Waals surface area contributed by atoms with Crippen LogP contribution in [-0.2, 0) is 14.3 Å². The fourth-order valence-corrected chi connectivity index (χ4v) is 11.6. The Kier molecular flexibility index (Phi) is 14.4. The van der Waals surface area contributed by atoms with Crippen LogP contribution in [0.1, 0.15) is 150 Å². The molecule has 9 heteroatoms. The van der Waals surface area contributed by atoms with Crippen LogP contribution in [0, 0.1) is 39.4 Å². The van der Waals surface area contributed by atoms with E-state index in [-0.39, 0.29) is 69.2 Å². The monoisotopic (exact) mass is 829 g/mol. The topological polar surface area (TPSA) is 162 Å². The predicted molar refractivity (Wildman–Crippen MR) is 235 cm³/mol. The molecule has 0 bridgehead atoms. The van der Waals surface area contributed by atoms with Gasteiger partial charge in [-0.3, -0.25) is 9.59 Å². The molecule has 5 N–H and O–H groups in total. The summed E-state index contributed by atoms with van der Waals surface area (Å²) >= 11 is 0. The van der Waals surface area contributed by atoms with Gasteiger partial charge in [-0.05, 0) is 161 Å². The number of rotatable bonds is 17. The van der Waals surface area contributed by atoms with Crippen molar-refractivity contribution >= 4 is 17.5 Å². The average Bonchev–Trinajstić information content (AvgIpc) is 3.48. The molecular weight excluding hydrogens is 757 g/mol. The number of aromatic hydroxyl groups is 2.